The SMILES string of the molecule is C=C(C)OC(=C(C)C)c1csc(Nc2c(C)cc(C)cc2C)n1. The molecule has 3 nitrogen and oxygen atoms in total. The smallest absolute Gasteiger partial charge is 0.187 e. The average Bonchev–Trinajstić information content (AvgIpc) is 2.88. The molecular weight excluding hydrogens is 304 g/mol. The second-order valence-electron chi connectivity index (χ2n) is 6.07. The van der Waals surface area contributed by atoms with Crippen LogP contribution in [-0.2, 0) is 4.74 Å². The summed E-state index contributed by atoms with van der Waals surface area (Å²) in [5.74, 6) is 1.44. The third-order valence-electron chi connectivity index (χ3n) is 3.38. The molecule has 0 bridgehead atoms. The Bertz CT molecular complexity index is 744. The molecule has 0 saturated heterocycles. The Hall–Kier alpha value is -2.07. The zero-order chi connectivity index (χ0) is 17.1. The van der Waals surface area contributed by atoms with E-state index in [1.54, 1.807) is 11.3 Å². The van der Waals surface area contributed by atoms with Gasteiger partial charge in [0.1, 0.15) is 5.69 Å². The van der Waals surface area contributed by atoms with Gasteiger partial charge in [0.2, 0.25) is 0 Å². The van der Waals surface area contributed by atoms with Crippen LogP contribution in [0.25, 0.3) is 5.76 Å². The average molecular weight is 328 g/mol. The Morgan fingerprint density at radius 2 is 1.74 bits per heavy atom. The van der Waals surface area contributed by atoms with E-state index in [2.05, 4.69) is 49.8 Å². The molecule has 4 heteroatoms. The number of hydrogen-bond acceptors (Lipinski definition) is 4. The van der Waals surface area contributed by atoms with Crippen LogP contribution in [0.2, 0.25) is 0 Å². The first-order valence-corrected chi connectivity index (χ1v) is 8.47. The van der Waals surface area contributed by atoms with Crippen LogP contribution in [0.5, 0.6) is 0 Å². The van der Waals surface area contributed by atoms with Gasteiger partial charge in [0, 0.05) is 11.1 Å². The number of allylic oxidation sites excluding steroid dienone is 2. The predicted octanol–water partition coefficient (Wildman–Crippen LogP) is 6.11. The van der Waals surface area contributed by atoms with Crippen LogP contribution in [0, 0.1) is 20.8 Å². The molecule has 122 valence electrons. The van der Waals surface area contributed by atoms with Crippen molar-refractivity contribution in [1.82, 2.24) is 4.98 Å². The minimum absolute atomic E-state index is 0.661. The maximum atomic E-state index is 5.73. The molecule has 0 aliphatic rings. The molecule has 0 unspecified atom stereocenters. The van der Waals surface area contributed by atoms with Gasteiger partial charge in [-0.1, -0.05) is 24.3 Å². The summed E-state index contributed by atoms with van der Waals surface area (Å²) in [7, 11) is 0. The zero-order valence-electron chi connectivity index (χ0n) is 14.7. The summed E-state index contributed by atoms with van der Waals surface area (Å²) in [6.45, 7) is 16.0. The molecule has 1 aromatic heterocycles. The molecule has 1 heterocycles. The Labute approximate surface area is 142 Å². The Balaban J connectivity index is 2.30. The number of nitrogens with one attached hydrogen (secondary N) is 1. The third kappa shape index (κ3) is 4.23. The van der Waals surface area contributed by atoms with Crippen LogP contribution in [0.4, 0.5) is 10.8 Å². The van der Waals surface area contributed by atoms with Crippen LogP contribution >= 0.6 is 11.3 Å². The number of ether oxygens (including phenoxy) is 1. The Morgan fingerprint density at radius 3 is 2.26 bits per heavy atom. The molecule has 2 aromatic rings. The highest BCUT2D eigenvalue weighted by Gasteiger charge is 2.12. The van der Waals surface area contributed by atoms with Crippen LogP contribution < -0.4 is 5.32 Å². The monoisotopic (exact) mass is 328 g/mol. The van der Waals surface area contributed by atoms with Gasteiger partial charge in [0.25, 0.3) is 0 Å². The molecule has 0 fully saturated rings. The lowest BCUT2D eigenvalue weighted by atomic mass is 10.1. The van der Waals surface area contributed by atoms with Crippen molar-refractivity contribution in [2.75, 3.05) is 5.32 Å². The third-order valence-corrected chi connectivity index (χ3v) is 4.13. The van der Waals surface area contributed by atoms with Crippen LogP contribution in [0.1, 0.15) is 43.2 Å². The summed E-state index contributed by atoms with van der Waals surface area (Å²) in [6, 6.07) is 4.35. The fourth-order valence-electron chi connectivity index (χ4n) is 2.50. The standard InChI is InChI=1S/C19H24N2OS/c1-11(2)18(22-12(3)4)16-10-23-19(20-16)21-17-14(6)8-13(5)9-15(17)7/h8-10H,3H2,1-2,4-7H3,(H,20,21). The van der Waals surface area contributed by atoms with Gasteiger partial charge in [0.15, 0.2) is 10.9 Å². The number of nitrogens with zero attached hydrogens (tertiary/aromatic N) is 1. The molecule has 0 saturated carbocycles. The van der Waals surface area contributed by atoms with Gasteiger partial charge in [-0.3, -0.25) is 0 Å². The summed E-state index contributed by atoms with van der Waals surface area (Å²) in [4.78, 5) is 4.67. The molecule has 1 N–H and O–H groups in total. The van der Waals surface area contributed by atoms with Gasteiger partial charge in [-0.05, 0) is 58.2 Å². The number of hydrogen-bond donors (Lipinski definition) is 1. The molecule has 0 amide bonds. The van der Waals surface area contributed by atoms with Gasteiger partial charge in [0.05, 0.1) is 5.76 Å². The summed E-state index contributed by atoms with van der Waals surface area (Å²) in [6.07, 6.45) is 0. The first-order valence-electron chi connectivity index (χ1n) is 7.59. The van der Waals surface area contributed by atoms with Gasteiger partial charge in [-0.25, -0.2) is 4.98 Å². The second kappa shape index (κ2) is 7.01. The van der Waals surface area contributed by atoms with Crippen molar-refractivity contribution in [3.8, 4) is 0 Å². The maximum Gasteiger partial charge on any atom is 0.187 e. The van der Waals surface area contributed by atoms with E-state index in [0.29, 0.717) is 5.76 Å². The minimum atomic E-state index is 0.661. The molecule has 0 radical (unpaired) electrons. The largest absolute Gasteiger partial charge is 0.460 e. The van der Waals surface area contributed by atoms with E-state index in [0.717, 1.165) is 27.8 Å². The summed E-state index contributed by atoms with van der Waals surface area (Å²) in [5, 5.41) is 6.31. The molecule has 0 spiro atoms. The second-order valence-corrected chi connectivity index (χ2v) is 6.93. The van der Waals surface area contributed by atoms with Gasteiger partial charge in [-0.15, -0.1) is 11.3 Å². The van der Waals surface area contributed by atoms with E-state index >= 15 is 0 Å². The molecule has 1 aromatic carbocycles. The van der Waals surface area contributed by atoms with E-state index in [1.165, 1.54) is 16.7 Å². The van der Waals surface area contributed by atoms with Crippen LogP contribution in [0.3, 0.4) is 0 Å². The Kier molecular flexibility index (Phi) is 5.26. The van der Waals surface area contributed by atoms with Crippen molar-refractivity contribution in [2.24, 2.45) is 0 Å². The van der Waals surface area contributed by atoms with E-state index in [4.69, 9.17) is 4.74 Å². The molecule has 0 aliphatic heterocycles. The summed E-state index contributed by atoms with van der Waals surface area (Å²) < 4.78 is 5.73. The number of thiazole rings is 1. The highest BCUT2D eigenvalue weighted by Crippen LogP contribution is 2.30. The lowest BCUT2D eigenvalue weighted by Crippen LogP contribution is -1.98. The normalized spacial score (nSPS) is 10.3. The highest BCUT2D eigenvalue weighted by molar-refractivity contribution is 7.13. The van der Waals surface area contributed by atoms with E-state index in [1.807, 2.05) is 26.2 Å². The molecule has 2 rings (SSSR count). The molecular formula is C19H24N2OS. The summed E-state index contributed by atoms with van der Waals surface area (Å²) in [5.41, 5.74) is 6.75. The number of rotatable bonds is 5. The van der Waals surface area contributed by atoms with Crippen LogP contribution in [-0.4, -0.2) is 4.98 Å². The fourth-order valence-corrected chi connectivity index (χ4v) is 3.20. The van der Waals surface area contributed by atoms with Crippen molar-refractivity contribution in [3.63, 3.8) is 0 Å². The van der Waals surface area contributed by atoms with Gasteiger partial charge < -0.3 is 10.1 Å². The van der Waals surface area contributed by atoms with Gasteiger partial charge >= 0.3 is 0 Å². The lowest BCUT2D eigenvalue weighted by molar-refractivity contribution is 0.382. The van der Waals surface area contributed by atoms with Crippen LogP contribution in [0.15, 0.2) is 35.4 Å². The van der Waals surface area contributed by atoms with E-state index < -0.39 is 0 Å². The Morgan fingerprint density at radius 1 is 1.13 bits per heavy atom. The number of anilines is 2. The molecule has 0 atom stereocenters. The van der Waals surface area contributed by atoms with Crippen molar-refractivity contribution < 1.29 is 4.74 Å². The minimum Gasteiger partial charge on any atom is -0.460 e. The van der Waals surface area contributed by atoms with Crippen molar-refractivity contribution in [3.05, 3.63) is 57.8 Å². The van der Waals surface area contributed by atoms with Crippen molar-refractivity contribution in [1.29, 1.82) is 0 Å². The van der Waals surface area contributed by atoms with Gasteiger partial charge in [-0.2, -0.15) is 0 Å². The van der Waals surface area contributed by atoms with E-state index in [9.17, 15) is 0 Å². The summed E-state index contributed by atoms with van der Waals surface area (Å²) >= 11 is 1.57. The maximum absolute atomic E-state index is 5.73. The van der Waals surface area contributed by atoms with Crippen molar-refractivity contribution in [2.45, 2.75) is 41.5 Å². The topological polar surface area (TPSA) is 34.1 Å². The number of benzene rings is 1. The van der Waals surface area contributed by atoms with Crippen molar-refractivity contribution >= 4 is 27.9 Å². The van der Waals surface area contributed by atoms with E-state index in [-0.39, 0.29) is 0 Å². The quantitative estimate of drug-likeness (QED) is 0.672. The lowest BCUT2D eigenvalue weighted by Gasteiger charge is -2.12. The highest BCUT2D eigenvalue weighted by atomic mass is 32.1. The predicted molar refractivity (Wildman–Crippen MR) is 100 cm³/mol. The first kappa shape index (κ1) is 17.3. The number of aryl methyl sites for hydroxylation is 3. The zero-order valence-corrected chi connectivity index (χ0v) is 15.5. The molecule has 23 heavy (non-hydrogen) atoms. The molecule has 0 aliphatic carbocycles. The number of aromatic nitrogens is 1. The fraction of sp³-hybridized carbons (Fsp3) is 0.316. The first-order chi connectivity index (χ1) is 10.8.